The number of carbonyl (C=O) groups is 1. The molecule has 2 aliphatic rings. The zero-order valence-corrected chi connectivity index (χ0v) is 9.88. The first kappa shape index (κ1) is 10.9. The molecule has 0 aliphatic carbocycles. The first-order chi connectivity index (χ1) is 7.11. The second kappa shape index (κ2) is 4.12. The first-order valence-corrected chi connectivity index (χ1v) is 6.10. The molecule has 2 aliphatic heterocycles. The first-order valence-electron chi connectivity index (χ1n) is 6.10. The minimum atomic E-state index is 0.317. The fourth-order valence-electron chi connectivity index (χ4n) is 2.88. The van der Waals surface area contributed by atoms with Gasteiger partial charge in [-0.1, -0.05) is 13.8 Å². The average molecular weight is 210 g/mol. The fraction of sp³-hybridized carbons (Fsp3) is 0.917. The van der Waals surface area contributed by atoms with Crippen LogP contribution >= 0.6 is 0 Å². The van der Waals surface area contributed by atoms with Gasteiger partial charge in [-0.25, -0.2) is 0 Å². The number of nitrogens with one attached hydrogen (secondary N) is 1. The predicted molar refractivity (Wildman–Crippen MR) is 60.6 cm³/mol. The van der Waals surface area contributed by atoms with Crippen molar-refractivity contribution in [2.45, 2.75) is 33.1 Å². The van der Waals surface area contributed by atoms with Gasteiger partial charge in [0.15, 0.2) is 0 Å². The molecule has 3 nitrogen and oxygen atoms in total. The van der Waals surface area contributed by atoms with Crippen LogP contribution < -0.4 is 5.32 Å². The lowest BCUT2D eigenvalue weighted by Crippen LogP contribution is -2.39. The van der Waals surface area contributed by atoms with Crippen LogP contribution in [-0.4, -0.2) is 37.0 Å². The summed E-state index contributed by atoms with van der Waals surface area (Å²) in [5.41, 5.74) is 0.317. The summed E-state index contributed by atoms with van der Waals surface area (Å²) in [6.45, 7) is 8.48. The van der Waals surface area contributed by atoms with Crippen molar-refractivity contribution in [3.8, 4) is 0 Å². The van der Waals surface area contributed by atoms with Gasteiger partial charge in [-0.2, -0.15) is 0 Å². The van der Waals surface area contributed by atoms with Crippen LogP contribution in [0.4, 0.5) is 0 Å². The topological polar surface area (TPSA) is 32.3 Å². The summed E-state index contributed by atoms with van der Waals surface area (Å²) in [6.07, 6.45) is 3.14. The van der Waals surface area contributed by atoms with Gasteiger partial charge in [0.2, 0.25) is 5.91 Å². The van der Waals surface area contributed by atoms with Crippen LogP contribution in [0.2, 0.25) is 0 Å². The minimum absolute atomic E-state index is 0.317. The Balaban J connectivity index is 1.98. The summed E-state index contributed by atoms with van der Waals surface area (Å²) < 4.78 is 0. The number of piperidine rings is 1. The Labute approximate surface area is 92.2 Å². The summed E-state index contributed by atoms with van der Waals surface area (Å²) >= 11 is 0. The molecule has 1 N–H and O–H groups in total. The van der Waals surface area contributed by atoms with E-state index >= 15 is 0 Å². The van der Waals surface area contributed by atoms with E-state index < -0.39 is 0 Å². The third kappa shape index (κ3) is 2.33. The van der Waals surface area contributed by atoms with E-state index in [9.17, 15) is 4.79 Å². The molecule has 86 valence electrons. The Morgan fingerprint density at radius 3 is 2.67 bits per heavy atom. The summed E-state index contributed by atoms with van der Waals surface area (Å²) in [6, 6.07) is 0. The van der Waals surface area contributed by atoms with Gasteiger partial charge in [0, 0.05) is 19.5 Å². The molecule has 3 heteroatoms. The molecule has 0 saturated carbocycles. The van der Waals surface area contributed by atoms with Gasteiger partial charge in [0.25, 0.3) is 0 Å². The van der Waals surface area contributed by atoms with E-state index in [1.807, 2.05) is 0 Å². The molecule has 2 heterocycles. The molecule has 0 atom stereocenters. The van der Waals surface area contributed by atoms with Crippen molar-refractivity contribution in [3.63, 3.8) is 0 Å². The van der Waals surface area contributed by atoms with E-state index in [1.54, 1.807) is 0 Å². The summed E-state index contributed by atoms with van der Waals surface area (Å²) in [7, 11) is 0. The molecule has 1 amide bonds. The van der Waals surface area contributed by atoms with Crippen LogP contribution in [0.25, 0.3) is 0 Å². The highest BCUT2D eigenvalue weighted by Gasteiger charge is 2.43. The molecule has 15 heavy (non-hydrogen) atoms. The standard InChI is InChI=1S/C12H22N2O/c1-10(2)8-14-9-12(7-11(14)15)3-5-13-6-4-12/h10,13H,3-9H2,1-2H3. The third-order valence-electron chi connectivity index (χ3n) is 3.65. The van der Waals surface area contributed by atoms with Crippen molar-refractivity contribution in [1.82, 2.24) is 10.2 Å². The van der Waals surface area contributed by atoms with Gasteiger partial charge in [-0.3, -0.25) is 4.79 Å². The van der Waals surface area contributed by atoms with Gasteiger partial charge in [0.1, 0.15) is 0 Å². The smallest absolute Gasteiger partial charge is 0.223 e. The van der Waals surface area contributed by atoms with Gasteiger partial charge in [0.05, 0.1) is 0 Å². The molecular weight excluding hydrogens is 188 g/mol. The Kier molecular flexibility index (Phi) is 3.01. The SMILES string of the molecule is CC(C)CN1CC2(CCNCC2)CC1=O. The number of likely N-dealkylation sites (tertiary alicyclic amines) is 1. The van der Waals surface area contributed by atoms with Crippen molar-refractivity contribution >= 4 is 5.91 Å². The normalized spacial score (nSPS) is 25.5. The lowest BCUT2D eigenvalue weighted by Gasteiger charge is -2.33. The van der Waals surface area contributed by atoms with E-state index in [0.717, 1.165) is 32.6 Å². The second-order valence-corrected chi connectivity index (χ2v) is 5.59. The number of carbonyl (C=O) groups excluding carboxylic acids is 1. The van der Waals surface area contributed by atoms with Crippen molar-refractivity contribution in [1.29, 1.82) is 0 Å². The number of rotatable bonds is 2. The molecule has 0 aromatic carbocycles. The van der Waals surface area contributed by atoms with Crippen LogP contribution in [0.3, 0.4) is 0 Å². The average Bonchev–Trinajstić information content (AvgIpc) is 2.43. The minimum Gasteiger partial charge on any atom is -0.342 e. The van der Waals surface area contributed by atoms with Gasteiger partial charge in [-0.15, -0.1) is 0 Å². The molecule has 0 aromatic heterocycles. The molecule has 0 aromatic rings. The lowest BCUT2D eigenvalue weighted by molar-refractivity contribution is -0.128. The number of hydrogen-bond acceptors (Lipinski definition) is 2. The van der Waals surface area contributed by atoms with Crippen LogP contribution in [0.5, 0.6) is 0 Å². The highest BCUT2D eigenvalue weighted by atomic mass is 16.2. The maximum Gasteiger partial charge on any atom is 0.223 e. The molecule has 0 bridgehead atoms. The predicted octanol–water partition coefficient (Wildman–Crippen LogP) is 1.24. The fourth-order valence-corrected chi connectivity index (χ4v) is 2.88. The molecule has 1 spiro atoms. The number of amides is 1. The lowest BCUT2D eigenvalue weighted by atomic mass is 9.78. The van der Waals surface area contributed by atoms with Gasteiger partial charge < -0.3 is 10.2 Å². The van der Waals surface area contributed by atoms with Crippen LogP contribution in [0, 0.1) is 11.3 Å². The highest BCUT2D eigenvalue weighted by Crippen LogP contribution is 2.39. The highest BCUT2D eigenvalue weighted by molar-refractivity contribution is 5.79. The van der Waals surface area contributed by atoms with Crippen molar-refractivity contribution in [2.75, 3.05) is 26.2 Å². The van der Waals surface area contributed by atoms with Crippen molar-refractivity contribution in [3.05, 3.63) is 0 Å². The molecular formula is C12H22N2O. The Morgan fingerprint density at radius 1 is 1.40 bits per heavy atom. The van der Waals surface area contributed by atoms with E-state index in [0.29, 0.717) is 17.2 Å². The molecule has 0 unspecified atom stereocenters. The zero-order valence-electron chi connectivity index (χ0n) is 9.88. The Hall–Kier alpha value is -0.570. The molecule has 0 radical (unpaired) electrons. The summed E-state index contributed by atoms with van der Waals surface area (Å²) in [5.74, 6) is 0.969. The van der Waals surface area contributed by atoms with Gasteiger partial charge in [-0.05, 0) is 37.3 Å². The summed E-state index contributed by atoms with van der Waals surface area (Å²) in [4.78, 5) is 14.0. The quantitative estimate of drug-likeness (QED) is 0.744. The summed E-state index contributed by atoms with van der Waals surface area (Å²) in [5, 5.41) is 3.38. The second-order valence-electron chi connectivity index (χ2n) is 5.59. The van der Waals surface area contributed by atoms with Crippen LogP contribution in [0.15, 0.2) is 0 Å². The van der Waals surface area contributed by atoms with E-state index in [1.165, 1.54) is 12.8 Å². The van der Waals surface area contributed by atoms with Crippen LogP contribution in [-0.2, 0) is 4.79 Å². The van der Waals surface area contributed by atoms with E-state index in [-0.39, 0.29) is 0 Å². The third-order valence-corrected chi connectivity index (χ3v) is 3.65. The molecule has 2 rings (SSSR count). The number of nitrogens with zero attached hydrogens (tertiary/aromatic N) is 1. The van der Waals surface area contributed by atoms with Crippen molar-refractivity contribution in [2.24, 2.45) is 11.3 Å². The zero-order chi connectivity index (χ0) is 10.9. The molecule has 2 saturated heterocycles. The Bertz CT molecular complexity index is 244. The van der Waals surface area contributed by atoms with Crippen molar-refractivity contribution < 1.29 is 4.79 Å². The van der Waals surface area contributed by atoms with Gasteiger partial charge >= 0.3 is 0 Å². The number of hydrogen-bond donors (Lipinski definition) is 1. The monoisotopic (exact) mass is 210 g/mol. The maximum absolute atomic E-state index is 11.9. The van der Waals surface area contributed by atoms with Crippen LogP contribution in [0.1, 0.15) is 33.1 Å². The molecule has 2 fully saturated rings. The largest absolute Gasteiger partial charge is 0.342 e. The van der Waals surface area contributed by atoms with E-state index in [2.05, 4.69) is 24.1 Å². The van der Waals surface area contributed by atoms with E-state index in [4.69, 9.17) is 0 Å². The Morgan fingerprint density at radius 2 is 2.07 bits per heavy atom. The maximum atomic E-state index is 11.9.